The normalized spacial score (nSPS) is 13.3. The number of aromatic nitrogens is 2. The molecule has 0 saturated heterocycles. The van der Waals surface area contributed by atoms with Crippen molar-refractivity contribution in [2.75, 3.05) is 7.11 Å². The molecule has 4 aromatic rings. The number of carbonyl (C=O) groups excluding carboxylic acids is 1. The number of methoxy groups -OCH3 is 1. The second-order valence-electron chi connectivity index (χ2n) is 7.10. The van der Waals surface area contributed by atoms with E-state index in [0.717, 1.165) is 11.8 Å². The fourth-order valence-corrected chi connectivity index (χ4v) is 4.55. The number of aryl methyl sites for hydroxylation is 1. The lowest BCUT2D eigenvalue weighted by Crippen LogP contribution is -2.36. The van der Waals surface area contributed by atoms with E-state index in [-0.39, 0.29) is 17.9 Å². The van der Waals surface area contributed by atoms with Crippen molar-refractivity contribution in [3.8, 4) is 5.69 Å². The van der Waals surface area contributed by atoms with Crippen LogP contribution in [-0.4, -0.2) is 27.4 Å². The van der Waals surface area contributed by atoms with Gasteiger partial charge in [-0.2, -0.15) is 0 Å². The SMILES string of the molecule is COC(=O)C(C)(Cc1oc(=O)oc1C)Sc1nc2ccccc2n1-c1ccccc1F. The first kappa shape index (κ1) is 20.9. The van der Waals surface area contributed by atoms with Crippen molar-refractivity contribution in [2.24, 2.45) is 0 Å². The first-order valence-electron chi connectivity index (χ1n) is 9.41. The van der Waals surface area contributed by atoms with Gasteiger partial charge in [-0.25, -0.2) is 14.2 Å². The molecule has 0 radical (unpaired) electrons. The number of ether oxygens (including phenoxy) is 1. The molecular formula is C22H19FN2O5S. The number of fused-ring (bicyclic) bond motifs is 1. The number of thioether (sulfide) groups is 1. The lowest BCUT2D eigenvalue weighted by atomic mass is 10.0. The molecule has 0 saturated carbocycles. The van der Waals surface area contributed by atoms with Crippen LogP contribution < -0.4 is 5.82 Å². The Bertz CT molecular complexity index is 1320. The number of nitrogens with zero attached hydrogens (tertiary/aromatic N) is 2. The van der Waals surface area contributed by atoms with Crippen LogP contribution in [0.4, 0.5) is 4.39 Å². The van der Waals surface area contributed by atoms with Gasteiger partial charge in [0, 0.05) is 6.42 Å². The van der Waals surface area contributed by atoms with Crippen molar-refractivity contribution >= 4 is 28.8 Å². The number of benzene rings is 2. The highest BCUT2D eigenvalue weighted by molar-refractivity contribution is 8.01. The van der Waals surface area contributed by atoms with E-state index in [1.54, 1.807) is 36.6 Å². The molecule has 0 bridgehead atoms. The van der Waals surface area contributed by atoms with Gasteiger partial charge >= 0.3 is 11.8 Å². The van der Waals surface area contributed by atoms with Crippen LogP contribution in [0, 0.1) is 12.7 Å². The second-order valence-corrected chi connectivity index (χ2v) is 8.57. The predicted octanol–water partition coefficient (Wildman–Crippen LogP) is 4.29. The number of rotatable bonds is 6. The molecule has 7 nitrogen and oxygen atoms in total. The third kappa shape index (κ3) is 3.88. The zero-order chi connectivity index (χ0) is 22.2. The minimum absolute atomic E-state index is 0.0163. The lowest BCUT2D eigenvalue weighted by Gasteiger charge is -2.25. The maximum absolute atomic E-state index is 14.7. The summed E-state index contributed by atoms with van der Waals surface area (Å²) in [5, 5.41) is 0.391. The van der Waals surface area contributed by atoms with E-state index < -0.39 is 22.4 Å². The molecule has 0 aliphatic carbocycles. The summed E-state index contributed by atoms with van der Waals surface area (Å²) < 4.78 is 30.2. The van der Waals surface area contributed by atoms with Crippen LogP contribution in [-0.2, 0) is 16.0 Å². The topological polar surface area (TPSA) is 87.5 Å². The Morgan fingerprint density at radius 1 is 1.19 bits per heavy atom. The van der Waals surface area contributed by atoms with Crippen LogP contribution in [0.15, 0.2) is 67.3 Å². The summed E-state index contributed by atoms with van der Waals surface area (Å²) in [5.41, 5.74) is 1.64. The van der Waals surface area contributed by atoms with Crippen molar-refractivity contribution in [1.29, 1.82) is 0 Å². The van der Waals surface area contributed by atoms with Crippen molar-refractivity contribution in [1.82, 2.24) is 9.55 Å². The van der Waals surface area contributed by atoms with E-state index in [1.807, 2.05) is 24.3 Å². The molecule has 0 N–H and O–H groups in total. The van der Waals surface area contributed by atoms with Crippen molar-refractivity contribution in [2.45, 2.75) is 30.2 Å². The maximum Gasteiger partial charge on any atom is 0.519 e. The zero-order valence-electron chi connectivity index (χ0n) is 17.0. The standard InChI is InChI=1S/C22H19FN2O5S/c1-13-18(30-21(27)29-13)12-22(2,19(26)28-3)31-20-24-15-9-5-7-11-17(15)25(20)16-10-6-4-8-14(16)23/h4-11H,12H2,1-3H3. The van der Waals surface area contributed by atoms with Gasteiger partial charge < -0.3 is 13.6 Å². The fraction of sp³-hybridized carbons (Fsp3) is 0.227. The summed E-state index contributed by atoms with van der Waals surface area (Å²) in [5.74, 6) is -1.30. The Hall–Kier alpha value is -3.33. The molecule has 160 valence electrons. The van der Waals surface area contributed by atoms with Gasteiger partial charge in [0.2, 0.25) is 0 Å². The smallest absolute Gasteiger partial charge is 0.468 e. The summed E-state index contributed by atoms with van der Waals surface area (Å²) in [6.45, 7) is 3.23. The molecule has 0 amide bonds. The van der Waals surface area contributed by atoms with Crippen LogP contribution >= 0.6 is 11.8 Å². The molecular weight excluding hydrogens is 423 g/mol. The Morgan fingerprint density at radius 2 is 1.90 bits per heavy atom. The summed E-state index contributed by atoms with van der Waals surface area (Å²) >= 11 is 1.10. The van der Waals surface area contributed by atoms with Crippen molar-refractivity contribution in [3.63, 3.8) is 0 Å². The number of para-hydroxylation sites is 3. The van der Waals surface area contributed by atoms with Gasteiger partial charge in [0.05, 0.1) is 23.8 Å². The number of halogens is 1. The van der Waals surface area contributed by atoms with Crippen LogP contribution in [0.3, 0.4) is 0 Å². The number of hydrogen-bond donors (Lipinski definition) is 0. The molecule has 0 aliphatic rings. The molecule has 1 unspecified atom stereocenters. The van der Waals surface area contributed by atoms with Crippen LogP contribution in [0.2, 0.25) is 0 Å². The summed E-state index contributed by atoms with van der Waals surface area (Å²) in [7, 11) is 1.28. The third-order valence-corrected chi connectivity index (χ3v) is 6.11. The predicted molar refractivity (Wildman–Crippen MR) is 113 cm³/mol. The van der Waals surface area contributed by atoms with Crippen LogP contribution in [0.5, 0.6) is 0 Å². The molecule has 0 aliphatic heterocycles. The van der Waals surface area contributed by atoms with E-state index in [4.69, 9.17) is 13.6 Å². The van der Waals surface area contributed by atoms with Crippen molar-refractivity contribution < 1.29 is 22.8 Å². The molecule has 2 aromatic heterocycles. The number of esters is 1. The van der Waals surface area contributed by atoms with Gasteiger partial charge in [0.1, 0.15) is 16.3 Å². The average molecular weight is 442 g/mol. The molecule has 1 atom stereocenters. The van der Waals surface area contributed by atoms with E-state index in [1.165, 1.54) is 13.2 Å². The van der Waals surface area contributed by atoms with Crippen LogP contribution in [0.1, 0.15) is 18.4 Å². The molecule has 31 heavy (non-hydrogen) atoms. The van der Waals surface area contributed by atoms with E-state index in [9.17, 15) is 14.0 Å². The first-order valence-corrected chi connectivity index (χ1v) is 10.2. The Balaban J connectivity index is 1.86. The highest BCUT2D eigenvalue weighted by Crippen LogP contribution is 2.39. The molecule has 2 heterocycles. The molecule has 0 spiro atoms. The molecule has 0 fully saturated rings. The molecule has 4 rings (SSSR count). The Kier molecular flexibility index (Phi) is 5.45. The van der Waals surface area contributed by atoms with Gasteiger partial charge in [-0.05, 0) is 38.1 Å². The quantitative estimate of drug-likeness (QED) is 0.325. The zero-order valence-corrected chi connectivity index (χ0v) is 17.9. The van der Waals surface area contributed by atoms with Gasteiger partial charge in [0.15, 0.2) is 10.9 Å². The van der Waals surface area contributed by atoms with Gasteiger partial charge in [0.25, 0.3) is 0 Å². The number of carbonyl (C=O) groups is 1. The molecule has 9 heteroatoms. The second kappa shape index (κ2) is 8.07. The largest absolute Gasteiger partial charge is 0.519 e. The van der Waals surface area contributed by atoms with Crippen molar-refractivity contribution in [3.05, 3.63) is 76.5 Å². The monoisotopic (exact) mass is 442 g/mol. The summed E-state index contributed by atoms with van der Waals surface area (Å²) in [6, 6.07) is 13.6. The number of hydrogen-bond acceptors (Lipinski definition) is 7. The maximum atomic E-state index is 14.7. The lowest BCUT2D eigenvalue weighted by molar-refractivity contribution is -0.143. The third-order valence-electron chi connectivity index (χ3n) is 4.89. The Labute approximate surface area is 180 Å². The van der Waals surface area contributed by atoms with E-state index in [2.05, 4.69) is 4.98 Å². The number of imidazole rings is 1. The van der Waals surface area contributed by atoms with E-state index in [0.29, 0.717) is 21.9 Å². The highest BCUT2D eigenvalue weighted by Gasteiger charge is 2.40. The summed E-state index contributed by atoms with van der Waals surface area (Å²) in [6.07, 6.45) is 0.0163. The van der Waals surface area contributed by atoms with Gasteiger partial charge in [-0.1, -0.05) is 36.0 Å². The average Bonchev–Trinajstić information content (AvgIpc) is 3.25. The van der Waals surface area contributed by atoms with Crippen LogP contribution in [0.25, 0.3) is 16.7 Å². The Morgan fingerprint density at radius 3 is 2.58 bits per heavy atom. The van der Waals surface area contributed by atoms with Gasteiger partial charge in [-0.15, -0.1) is 0 Å². The summed E-state index contributed by atoms with van der Waals surface area (Å²) in [4.78, 5) is 28.9. The fourth-order valence-electron chi connectivity index (χ4n) is 3.35. The minimum atomic E-state index is -1.23. The van der Waals surface area contributed by atoms with Gasteiger partial charge in [-0.3, -0.25) is 9.36 Å². The highest BCUT2D eigenvalue weighted by atomic mass is 32.2. The van der Waals surface area contributed by atoms with E-state index >= 15 is 0 Å². The first-order chi connectivity index (χ1) is 14.8. The minimum Gasteiger partial charge on any atom is -0.468 e. The molecule has 2 aromatic carbocycles.